The van der Waals surface area contributed by atoms with Gasteiger partial charge < -0.3 is 5.11 Å². The summed E-state index contributed by atoms with van der Waals surface area (Å²) >= 11 is 0. The highest BCUT2D eigenvalue weighted by Crippen LogP contribution is 2.36. The molecule has 2 aromatic rings. The van der Waals surface area contributed by atoms with Gasteiger partial charge in [0.15, 0.2) is 0 Å². The number of hydrogen-bond acceptors (Lipinski definition) is 7. The van der Waals surface area contributed by atoms with Gasteiger partial charge in [-0.25, -0.2) is 9.80 Å². The number of nitrogens with zero attached hydrogens (tertiary/aromatic N) is 4. The zero-order valence-electron chi connectivity index (χ0n) is 18.2. The van der Waals surface area contributed by atoms with Crippen LogP contribution in [0, 0.1) is 10.1 Å². The van der Waals surface area contributed by atoms with Crippen LogP contribution in [0.15, 0.2) is 39.0 Å². The van der Waals surface area contributed by atoms with Crippen molar-refractivity contribution in [3.63, 3.8) is 0 Å². The van der Waals surface area contributed by atoms with E-state index in [1.807, 2.05) is 0 Å². The fourth-order valence-corrected chi connectivity index (χ4v) is 4.63. The Kier molecular flexibility index (Phi) is 6.12. The molecule has 1 saturated carbocycles. The smallest absolute Gasteiger partial charge is 0.331 e. The number of nitro groups is 1. The van der Waals surface area contributed by atoms with Crippen molar-refractivity contribution in [1.29, 1.82) is 0 Å². The Bertz CT molecular complexity index is 1240. The summed E-state index contributed by atoms with van der Waals surface area (Å²) < 4.78 is 1.21. The highest BCUT2D eigenvalue weighted by Gasteiger charge is 2.36. The number of benzene rings is 1. The highest BCUT2D eigenvalue weighted by atomic mass is 16.6. The number of carbonyl (C=O) groups excluding carboxylic acids is 1. The maximum Gasteiger partial charge on any atom is 0.331 e. The molecule has 0 unspecified atom stereocenters. The second-order valence-electron chi connectivity index (χ2n) is 8.33. The van der Waals surface area contributed by atoms with Gasteiger partial charge in [-0.2, -0.15) is 5.10 Å². The Balaban J connectivity index is 1.79. The molecule has 1 amide bonds. The Morgan fingerprint density at radius 2 is 2.00 bits per heavy atom. The Morgan fingerprint density at radius 1 is 1.27 bits per heavy atom. The maximum absolute atomic E-state index is 12.7. The molecular weight excluding hydrogens is 430 g/mol. The Labute approximate surface area is 188 Å². The molecule has 1 aromatic heterocycles. The van der Waals surface area contributed by atoms with Crippen LogP contribution in [0.5, 0.6) is 5.88 Å². The zero-order valence-corrected chi connectivity index (χ0v) is 18.2. The highest BCUT2D eigenvalue weighted by molar-refractivity contribution is 6.04. The summed E-state index contributed by atoms with van der Waals surface area (Å²) in [6.45, 7) is 1.66. The number of hydrazone groups is 1. The molecule has 174 valence electrons. The summed E-state index contributed by atoms with van der Waals surface area (Å²) in [7, 11) is 0. The van der Waals surface area contributed by atoms with Gasteiger partial charge in [0.25, 0.3) is 11.2 Å². The summed E-state index contributed by atoms with van der Waals surface area (Å²) in [5, 5.41) is 27.7. The van der Waals surface area contributed by atoms with E-state index in [0.29, 0.717) is 18.4 Å². The third-order valence-corrected chi connectivity index (χ3v) is 6.28. The third kappa shape index (κ3) is 4.18. The van der Waals surface area contributed by atoms with Gasteiger partial charge >= 0.3 is 5.69 Å². The van der Waals surface area contributed by atoms with Gasteiger partial charge in [0, 0.05) is 31.0 Å². The molecule has 1 atom stereocenters. The van der Waals surface area contributed by atoms with Crippen molar-refractivity contribution in [3.8, 4) is 5.88 Å². The number of nitro benzene ring substituents is 1. The first kappa shape index (κ1) is 22.4. The van der Waals surface area contributed by atoms with E-state index in [2.05, 4.69) is 10.1 Å². The largest absolute Gasteiger partial charge is 0.494 e. The standard InChI is InChI=1S/C22H25N5O6/c1-2-18(28)26-17(13-7-6-10-15(11-13)27(32)33)12-16(24-26)19-20(29)23-22(31)25(21(19)30)14-8-4-3-5-9-14/h6-7,10-11,14,17,30H,2-5,8-9,12H2,1H3,(H,23,29,31)/t17-/m1/s1. The molecule has 4 rings (SSSR count). The second-order valence-corrected chi connectivity index (χ2v) is 8.33. The van der Waals surface area contributed by atoms with Crippen LogP contribution >= 0.6 is 0 Å². The normalized spacial score (nSPS) is 18.9. The molecule has 33 heavy (non-hydrogen) atoms. The number of aromatic amines is 1. The van der Waals surface area contributed by atoms with E-state index in [1.165, 1.54) is 27.8 Å². The second kappa shape index (κ2) is 9.00. The molecule has 11 heteroatoms. The van der Waals surface area contributed by atoms with Crippen LogP contribution in [0.4, 0.5) is 5.69 Å². The fourth-order valence-electron chi connectivity index (χ4n) is 4.63. The monoisotopic (exact) mass is 455 g/mol. The zero-order chi connectivity index (χ0) is 23.7. The number of carbonyl (C=O) groups is 1. The van der Waals surface area contributed by atoms with E-state index in [0.717, 1.165) is 19.3 Å². The van der Waals surface area contributed by atoms with E-state index in [4.69, 9.17) is 0 Å². The number of amides is 1. The molecule has 2 N–H and O–H groups in total. The molecular formula is C22H25N5O6. The van der Waals surface area contributed by atoms with Crippen LogP contribution in [0.1, 0.15) is 75.1 Å². The summed E-state index contributed by atoms with van der Waals surface area (Å²) in [6.07, 6.45) is 4.50. The summed E-state index contributed by atoms with van der Waals surface area (Å²) in [6, 6.07) is 4.98. The molecule has 0 saturated heterocycles. The van der Waals surface area contributed by atoms with Crippen LogP contribution in [-0.4, -0.2) is 36.2 Å². The fraction of sp³-hybridized carbons (Fsp3) is 0.455. The predicted octanol–water partition coefficient (Wildman–Crippen LogP) is 2.74. The minimum absolute atomic E-state index is 0.0619. The number of rotatable bonds is 5. The topological polar surface area (TPSA) is 151 Å². The van der Waals surface area contributed by atoms with E-state index in [9.17, 15) is 29.6 Å². The lowest BCUT2D eigenvalue weighted by atomic mass is 9.95. The van der Waals surface area contributed by atoms with Gasteiger partial charge in [-0.3, -0.25) is 29.3 Å². The van der Waals surface area contributed by atoms with E-state index in [1.54, 1.807) is 13.0 Å². The van der Waals surface area contributed by atoms with Gasteiger partial charge in [0.1, 0.15) is 5.56 Å². The van der Waals surface area contributed by atoms with Gasteiger partial charge in [-0.05, 0) is 18.4 Å². The van der Waals surface area contributed by atoms with Crippen LogP contribution in [0.25, 0.3) is 0 Å². The van der Waals surface area contributed by atoms with Gasteiger partial charge in [0.2, 0.25) is 11.8 Å². The molecule has 0 radical (unpaired) electrons. The lowest BCUT2D eigenvalue weighted by Crippen LogP contribution is -2.36. The molecule has 0 bridgehead atoms. The summed E-state index contributed by atoms with van der Waals surface area (Å²) in [5.74, 6) is -0.795. The number of nitrogens with one attached hydrogen (secondary N) is 1. The van der Waals surface area contributed by atoms with Crippen molar-refractivity contribution in [3.05, 3.63) is 66.3 Å². The molecule has 2 aliphatic rings. The molecule has 1 aliphatic carbocycles. The van der Waals surface area contributed by atoms with Gasteiger partial charge in [-0.1, -0.05) is 38.3 Å². The van der Waals surface area contributed by atoms with Crippen LogP contribution in [0.3, 0.4) is 0 Å². The Morgan fingerprint density at radius 3 is 2.67 bits per heavy atom. The van der Waals surface area contributed by atoms with Crippen molar-refractivity contribution >= 4 is 17.3 Å². The molecule has 1 fully saturated rings. The number of H-pyrrole nitrogens is 1. The minimum atomic E-state index is -0.785. The van der Waals surface area contributed by atoms with Gasteiger partial charge in [-0.15, -0.1) is 0 Å². The van der Waals surface area contributed by atoms with Gasteiger partial charge in [0.05, 0.1) is 16.7 Å². The average Bonchev–Trinajstić information content (AvgIpc) is 3.24. The van der Waals surface area contributed by atoms with E-state index in [-0.39, 0.29) is 41.8 Å². The van der Waals surface area contributed by atoms with Crippen molar-refractivity contribution in [2.24, 2.45) is 5.10 Å². The quantitative estimate of drug-likeness (QED) is 0.522. The number of hydrogen-bond donors (Lipinski definition) is 2. The first-order valence-electron chi connectivity index (χ1n) is 11.0. The predicted molar refractivity (Wildman–Crippen MR) is 119 cm³/mol. The minimum Gasteiger partial charge on any atom is -0.494 e. The van der Waals surface area contributed by atoms with E-state index >= 15 is 0 Å². The first-order chi connectivity index (χ1) is 15.8. The average molecular weight is 455 g/mol. The summed E-state index contributed by atoms with van der Waals surface area (Å²) in [4.78, 5) is 50.8. The van der Waals surface area contributed by atoms with Crippen molar-refractivity contribution in [2.75, 3.05) is 0 Å². The molecule has 1 aromatic carbocycles. The molecule has 2 heterocycles. The van der Waals surface area contributed by atoms with Crippen LogP contribution in [0.2, 0.25) is 0 Å². The summed E-state index contributed by atoms with van der Waals surface area (Å²) in [5.41, 5.74) is -1.10. The first-order valence-corrected chi connectivity index (χ1v) is 11.0. The SMILES string of the molecule is CCC(=O)N1N=C(c2c(O)n(C3CCCCC3)c(=O)[nH]c2=O)C[C@@H]1c1cccc([N+](=O)[O-])c1. The number of non-ortho nitro benzene ring substituents is 1. The molecule has 0 spiro atoms. The third-order valence-electron chi connectivity index (χ3n) is 6.28. The number of aromatic nitrogens is 2. The van der Waals surface area contributed by atoms with Crippen LogP contribution in [-0.2, 0) is 4.79 Å². The Hall–Kier alpha value is -3.76. The van der Waals surface area contributed by atoms with Crippen molar-refractivity contribution < 1.29 is 14.8 Å². The van der Waals surface area contributed by atoms with Crippen LogP contribution < -0.4 is 11.2 Å². The lowest BCUT2D eigenvalue weighted by molar-refractivity contribution is -0.384. The van der Waals surface area contributed by atoms with E-state index < -0.39 is 28.1 Å². The lowest BCUT2D eigenvalue weighted by Gasteiger charge is -2.25. The maximum atomic E-state index is 12.7. The van der Waals surface area contributed by atoms with Crippen molar-refractivity contribution in [1.82, 2.24) is 14.6 Å². The number of aromatic hydroxyl groups is 1. The van der Waals surface area contributed by atoms with Crippen molar-refractivity contribution in [2.45, 2.75) is 64.0 Å². The molecule has 11 nitrogen and oxygen atoms in total. The molecule has 1 aliphatic heterocycles.